The topological polar surface area (TPSA) is 55.6 Å². The first kappa shape index (κ1) is 26.5. The lowest BCUT2D eigenvalue weighted by molar-refractivity contribution is -0.139. The van der Waals surface area contributed by atoms with Crippen molar-refractivity contribution in [3.8, 4) is 5.75 Å². The number of thiol groups is 1. The van der Waals surface area contributed by atoms with Crippen LogP contribution in [0.4, 0.5) is 24.5 Å². The molecule has 4 aromatic rings. The van der Waals surface area contributed by atoms with E-state index in [4.69, 9.17) is 10.5 Å². The molecule has 2 N–H and O–H groups in total. The summed E-state index contributed by atoms with van der Waals surface area (Å²) in [5.74, 6) is -0.400. The van der Waals surface area contributed by atoms with Crippen molar-refractivity contribution in [3.05, 3.63) is 114 Å². The van der Waals surface area contributed by atoms with Crippen LogP contribution in [0.25, 0.3) is 0 Å². The minimum absolute atomic E-state index is 0.00730. The van der Waals surface area contributed by atoms with Crippen molar-refractivity contribution in [3.63, 3.8) is 0 Å². The average molecular weight is 541 g/mol. The number of carbonyl (C=O) groups excluding carboxylic acids is 1. The Morgan fingerprint density at radius 2 is 1.62 bits per heavy atom. The van der Waals surface area contributed by atoms with Crippen LogP contribution in [-0.2, 0) is 12.8 Å². The van der Waals surface area contributed by atoms with Gasteiger partial charge in [0.05, 0.1) is 17.1 Å². The van der Waals surface area contributed by atoms with E-state index in [0.29, 0.717) is 11.6 Å². The van der Waals surface area contributed by atoms with E-state index < -0.39 is 17.6 Å². The van der Waals surface area contributed by atoms with Crippen molar-refractivity contribution in [2.24, 2.45) is 0 Å². The van der Waals surface area contributed by atoms with Crippen LogP contribution in [0.3, 0.4) is 0 Å². The Kier molecular flexibility index (Phi) is 8.35. The number of anilines is 2. The van der Waals surface area contributed by atoms with Crippen LogP contribution in [0, 0.1) is 0 Å². The average Bonchev–Trinajstić information content (AvgIpc) is 3.33. The van der Waals surface area contributed by atoms with Gasteiger partial charge in [-0.3, -0.25) is 9.69 Å². The molecule has 0 unspecified atom stereocenters. The minimum Gasteiger partial charge on any atom is -0.488 e. The lowest BCUT2D eigenvalue weighted by atomic mass is 10.1. The van der Waals surface area contributed by atoms with Gasteiger partial charge in [-0.2, -0.15) is 13.2 Å². The number of nitrogen functional groups attached to an aromatic ring is 1. The minimum atomic E-state index is -4.64. The summed E-state index contributed by atoms with van der Waals surface area (Å²) in [6, 6.07) is 27.2. The molecule has 0 aromatic heterocycles. The number of rotatable bonds is 4. The van der Waals surface area contributed by atoms with E-state index in [2.05, 4.69) is 12.6 Å². The SMILES string of the molecule is Nc1ccccc1S.O=C(c1ccc(OCc2ccccc2)c(C(F)(F)F)c1)N1CSc2ccccc21. The molecule has 0 radical (unpaired) electrons. The maximum absolute atomic E-state index is 13.6. The predicted molar refractivity (Wildman–Crippen MR) is 144 cm³/mol. The van der Waals surface area contributed by atoms with Crippen LogP contribution in [0.2, 0.25) is 0 Å². The summed E-state index contributed by atoms with van der Waals surface area (Å²) < 4.78 is 46.3. The maximum atomic E-state index is 13.6. The Hall–Kier alpha value is -3.56. The number of carbonyl (C=O) groups is 1. The summed E-state index contributed by atoms with van der Waals surface area (Å²) in [5, 5.41) is 0. The van der Waals surface area contributed by atoms with E-state index in [1.54, 1.807) is 36.4 Å². The molecule has 5 rings (SSSR count). The number of ether oxygens (including phenoxy) is 1. The summed E-state index contributed by atoms with van der Waals surface area (Å²) in [7, 11) is 0. The number of hydrogen-bond donors (Lipinski definition) is 2. The fourth-order valence-corrected chi connectivity index (χ4v) is 4.75. The van der Waals surface area contributed by atoms with Gasteiger partial charge >= 0.3 is 6.18 Å². The van der Waals surface area contributed by atoms with Crippen LogP contribution in [-0.4, -0.2) is 11.8 Å². The second-order valence-electron chi connectivity index (χ2n) is 8.02. The lowest BCUT2D eigenvalue weighted by Crippen LogP contribution is -2.28. The largest absolute Gasteiger partial charge is 0.488 e. The summed E-state index contributed by atoms with van der Waals surface area (Å²) in [6.07, 6.45) is -4.64. The second-order valence-corrected chi connectivity index (χ2v) is 9.48. The van der Waals surface area contributed by atoms with Gasteiger partial charge in [0.1, 0.15) is 12.4 Å². The number of hydrogen-bond acceptors (Lipinski definition) is 5. The molecule has 0 fully saturated rings. The molecule has 1 amide bonds. The van der Waals surface area contributed by atoms with E-state index >= 15 is 0 Å². The van der Waals surface area contributed by atoms with E-state index in [1.165, 1.54) is 28.8 Å². The molecule has 1 aliphatic heterocycles. The number of nitrogens with two attached hydrogens (primary N) is 1. The van der Waals surface area contributed by atoms with Crippen molar-refractivity contribution in [1.29, 1.82) is 0 Å². The predicted octanol–water partition coefficient (Wildman–Crippen LogP) is 7.55. The van der Waals surface area contributed by atoms with E-state index in [1.807, 2.05) is 42.5 Å². The molecule has 0 spiro atoms. The summed E-state index contributed by atoms with van der Waals surface area (Å²) in [5.41, 5.74) is 6.66. The Labute approximate surface area is 222 Å². The molecule has 4 aromatic carbocycles. The molecular weight excluding hydrogens is 517 g/mol. The van der Waals surface area contributed by atoms with Gasteiger partial charge in [-0.15, -0.1) is 24.4 Å². The Morgan fingerprint density at radius 1 is 0.946 bits per heavy atom. The molecule has 0 saturated carbocycles. The van der Waals surface area contributed by atoms with E-state index in [-0.39, 0.29) is 17.9 Å². The highest BCUT2D eigenvalue weighted by molar-refractivity contribution is 8.00. The summed E-state index contributed by atoms with van der Waals surface area (Å²) in [4.78, 5) is 16.1. The summed E-state index contributed by atoms with van der Waals surface area (Å²) >= 11 is 5.55. The number of amides is 1. The third kappa shape index (κ3) is 6.61. The molecule has 1 aliphatic rings. The van der Waals surface area contributed by atoms with Crippen molar-refractivity contribution in [2.75, 3.05) is 16.5 Å². The molecule has 0 saturated heterocycles. The number of alkyl halides is 3. The normalized spacial score (nSPS) is 12.4. The Morgan fingerprint density at radius 3 is 2.30 bits per heavy atom. The number of para-hydroxylation sites is 2. The molecule has 0 bridgehead atoms. The third-order valence-electron chi connectivity index (χ3n) is 5.46. The Balaban J connectivity index is 0.000000342. The standard InChI is InChI=1S/C22H16F3NO2S.C6H7NS/c23-22(24,25)17-12-16(10-11-19(17)28-13-15-6-2-1-3-7-15)21(27)26-14-29-20-9-5-4-8-18(20)26;7-5-3-1-2-4-6(5)8/h1-12H,13-14H2;1-4,8H,7H2. The first-order valence-corrected chi connectivity index (χ1v) is 12.6. The monoisotopic (exact) mass is 540 g/mol. The van der Waals surface area contributed by atoms with Crippen molar-refractivity contribution in [2.45, 2.75) is 22.6 Å². The summed E-state index contributed by atoms with van der Waals surface area (Å²) in [6.45, 7) is 0.00730. The van der Waals surface area contributed by atoms with Gasteiger partial charge in [0, 0.05) is 21.0 Å². The smallest absolute Gasteiger partial charge is 0.419 e. The third-order valence-corrected chi connectivity index (χ3v) is 6.91. The quantitative estimate of drug-likeness (QED) is 0.207. The highest BCUT2D eigenvalue weighted by Crippen LogP contribution is 2.41. The molecule has 0 aliphatic carbocycles. The highest BCUT2D eigenvalue weighted by atomic mass is 32.2. The van der Waals surface area contributed by atoms with Crippen LogP contribution in [0.1, 0.15) is 21.5 Å². The molecular formula is C28H23F3N2O2S2. The lowest BCUT2D eigenvalue weighted by Gasteiger charge is -2.19. The van der Waals surface area contributed by atoms with Gasteiger partial charge in [0.25, 0.3) is 5.91 Å². The van der Waals surface area contributed by atoms with Crippen molar-refractivity contribution < 1.29 is 22.7 Å². The van der Waals surface area contributed by atoms with Crippen molar-refractivity contribution in [1.82, 2.24) is 0 Å². The maximum Gasteiger partial charge on any atom is 0.419 e. The number of benzene rings is 4. The molecule has 9 heteroatoms. The zero-order valence-corrected chi connectivity index (χ0v) is 21.2. The van der Waals surface area contributed by atoms with Gasteiger partial charge in [-0.05, 0) is 48.0 Å². The number of fused-ring (bicyclic) bond motifs is 1. The number of thioether (sulfide) groups is 1. The molecule has 37 heavy (non-hydrogen) atoms. The fraction of sp³-hybridized carbons (Fsp3) is 0.107. The zero-order chi connectivity index (χ0) is 26.4. The number of halogens is 3. The van der Waals surface area contributed by atoms with Crippen LogP contribution in [0.15, 0.2) is 107 Å². The van der Waals surface area contributed by atoms with Gasteiger partial charge in [-0.25, -0.2) is 0 Å². The van der Waals surface area contributed by atoms with Crippen LogP contribution in [0.5, 0.6) is 5.75 Å². The zero-order valence-electron chi connectivity index (χ0n) is 19.5. The van der Waals surface area contributed by atoms with Crippen LogP contribution < -0.4 is 15.4 Å². The molecule has 0 atom stereocenters. The molecule has 1 heterocycles. The van der Waals surface area contributed by atoms with Gasteiger partial charge in [0.15, 0.2) is 0 Å². The molecule has 190 valence electrons. The van der Waals surface area contributed by atoms with E-state index in [9.17, 15) is 18.0 Å². The van der Waals surface area contributed by atoms with Gasteiger partial charge in [-0.1, -0.05) is 54.6 Å². The second kappa shape index (κ2) is 11.7. The molecule has 4 nitrogen and oxygen atoms in total. The van der Waals surface area contributed by atoms with Crippen molar-refractivity contribution >= 4 is 41.7 Å². The first-order valence-electron chi connectivity index (χ1n) is 11.2. The highest BCUT2D eigenvalue weighted by Gasteiger charge is 2.36. The number of nitrogens with zero attached hydrogens (tertiary/aromatic N) is 1. The van der Waals surface area contributed by atoms with Gasteiger partial charge < -0.3 is 10.5 Å². The Bertz CT molecular complexity index is 1360. The first-order chi connectivity index (χ1) is 17.7. The van der Waals surface area contributed by atoms with Gasteiger partial charge in [0.2, 0.25) is 0 Å². The van der Waals surface area contributed by atoms with E-state index in [0.717, 1.165) is 27.1 Å². The fourth-order valence-electron chi connectivity index (χ4n) is 3.56. The van der Waals surface area contributed by atoms with Crippen LogP contribution >= 0.6 is 24.4 Å².